The Kier molecular flexibility index (Phi) is 15.1. The Balaban J connectivity index is 0.000000118. The predicted octanol–water partition coefficient (Wildman–Crippen LogP) is 26.9. The summed E-state index contributed by atoms with van der Waals surface area (Å²) in [6, 6.07) is 71.7. The minimum Gasteiger partial charge on any atom is -0.455 e. The van der Waals surface area contributed by atoms with E-state index >= 15 is 0 Å². The minimum atomic E-state index is -2.33. The molecule has 1 aliphatic carbocycles. The summed E-state index contributed by atoms with van der Waals surface area (Å²) in [4.78, 5) is 0. The molecule has 0 N–H and O–H groups in total. The van der Waals surface area contributed by atoms with Crippen LogP contribution in [0.3, 0.4) is 0 Å². The monoisotopic (exact) mass is 1530 g/mol. The Morgan fingerprint density at radius 1 is 0.336 bits per heavy atom. The van der Waals surface area contributed by atoms with Crippen LogP contribution in [0.2, 0.25) is 0 Å². The van der Waals surface area contributed by atoms with Gasteiger partial charge in [0.15, 0.2) is 24.8 Å². The molecule has 20 aromatic rings. The zero-order valence-corrected chi connectivity index (χ0v) is 67.5. The third-order valence-corrected chi connectivity index (χ3v) is 23.4. The van der Waals surface area contributed by atoms with E-state index in [2.05, 4.69) is 79.1 Å². The van der Waals surface area contributed by atoms with Gasteiger partial charge in [-0.15, -0.1) is 0 Å². The zero-order valence-electron chi connectivity index (χ0n) is 83.5. The van der Waals surface area contributed by atoms with Crippen LogP contribution in [0, 0.1) is 80.8 Å². The van der Waals surface area contributed by atoms with Gasteiger partial charge in [0.05, 0.1) is 22.3 Å². The van der Waals surface area contributed by atoms with Crippen molar-refractivity contribution in [2.24, 2.45) is 40.0 Å². The molecule has 0 spiro atoms. The lowest BCUT2D eigenvalue weighted by molar-refractivity contribution is -0.660. The molecule has 1 aliphatic rings. The van der Waals surface area contributed by atoms with Crippen molar-refractivity contribution >= 4 is 131 Å². The van der Waals surface area contributed by atoms with Gasteiger partial charge in [-0.05, 0) is 246 Å². The normalized spacial score (nSPS) is 15.4. The standard InChI is InChI=1S/C29H28NO.C28H28NO.C26H24NO.C25H22NO/c1-19-11-12-24-25-17-22-9-5-6-10-23(22)18-27(25)31-29(24)28(19)26-16-21(13-14-30(26)2)15-20-7-3-4-8-20;1-17(2)12-20-10-11-29(5)24(14-20)27-19(4)13-18(3)26-23-15-21-8-6-7-9-22(21)16-25(23)30-28(26)27;1-15-11-22(27(5)14-18(15)4)25-17(3)10-16(2)24-21-12-19-8-6-7-9-20(19)13-23(21)28-26(24)25;1-15-9-10-26(4)21(11-15)24-17(3)12-16(2)23-20-13-18-7-5-6-8-19(18)14-22(20)27-25(23)24/h5-6,9-14,16-18,20H,3-4,7-8,15H2,1-2H3;6-11,13-17H,12H2,1-5H3;6-14H,1-5H3;5-14H,1-4H3/q4*+1/i15D2;3D3,12D2;2D3,4D3;2D3. The van der Waals surface area contributed by atoms with Crippen LogP contribution in [0.1, 0.15) is 128 Å². The van der Waals surface area contributed by atoms with Crippen LogP contribution >= 0.6 is 0 Å². The maximum absolute atomic E-state index is 8.92. The molecule has 1 saturated carbocycles. The molecular formula is C108H102N4O4+4. The van der Waals surface area contributed by atoms with Crippen LogP contribution in [0.5, 0.6) is 0 Å². The van der Waals surface area contributed by atoms with Crippen molar-refractivity contribution in [1.29, 1.82) is 0 Å². The summed E-state index contributed by atoms with van der Waals surface area (Å²) >= 11 is 0. The molecule has 0 unspecified atom stereocenters. The van der Waals surface area contributed by atoms with Gasteiger partial charge >= 0.3 is 0 Å². The van der Waals surface area contributed by atoms with Crippen LogP contribution in [0.25, 0.3) is 176 Å². The quantitative estimate of drug-likeness (QED) is 0.142. The molecule has 1 fully saturated rings. The molecule has 116 heavy (non-hydrogen) atoms. The lowest BCUT2D eigenvalue weighted by Gasteiger charge is -2.10. The molecule has 0 atom stereocenters. The second-order valence-electron chi connectivity index (χ2n) is 32.1. The summed E-state index contributed by atoms with van der Waals surface area (Å²) in [6.07, 6.45) is 8.84. The summed E-state index contributed by atoms with van der Waals surface area (Å²) in [7, 11) is 7.72. The summed E-state index contributed by atoms with van der Waals surface area (Å²) in [5.41, 5.74) is 20.1. The molecule has 0 aliphatic heterocycles. The Bertz CT molecular complexity index is 8100. The molecule has 12 aromatic carbocycles. The van der Waals surface area contributed by atoms with Crippen molar-refractivity contribution in [1.82, 2.24) is 0 Å². The van der Waals surface area contributed by atoms with Gasteiger partial charge in [0.1, 0.15) is 72.9 Å². The highest BCUT2D eigenvalue weighted by atomic mass is 16.3. The lowest BCUT2D eigenvalue weighted by Crippen LogP contribution is -2.31. The van der Waals surface area contributed by atoms with E-state index in [-0.39, 0.29) is 28.5 Å². The van der Waals surface area contributed by atoms with Crippen molar-refractivity contribution in [3.05, 3.63) is 310 Å². The molecule has 8 heteroatoms. The first-order valence-corrected chi connectivity index (χ1v) is 39.9. The molecule has 0 radical (unpaired) electrons. The maximum atomic E-state index is 8.92. The minimum absolute atomic E-state index is 0.0913. The van der Waals surface area contributed by atoms with Gasteiger partial charge in [0, 0.05) is 113 Å². The molecule has 8 nitrogen and oxygen atoms in total. The van der Waals surface area contributed by atoms with Crippen LogP contribution in [0.4, 0.5) is 0 Å². The number of benzene rings is 12. The van der Waals surface area contributed by atoms with Gasteiger partial charge in [-0.25, -0.2) is 18.3 Å². The molecule has 8 heterocycles. The summed E-state index contributed by atoms with van der Waals surface area (Å²) in [5, 5.41) is 14.9. The highest BCUT2D eigenvalue weighted by molar-refractivity contribution is 6.18. The van der Waals surface area contributed by atoms with E-state index in [1.807, 2.05) is 217 Å². The van der Waals surface area contributed by atoms with Crippen LogP contribution in [-0.4, -0.2) is 0 Å². The van der Waals surface area contributed by atoms with E-state index in [0.29, 0.717) is 66.3 Å². The molecular weight excluding hydrogens is 1420 g/mol. The van der Waals surface area contributed by atoms with E-state index in [0.717, 1.165) is 175 Å². The molecule has 0 saturated heterocycles. The summed E-state index contributed by atoms with van der Waals surface area (Å²) in [6.45, 7) is 6.27. The van der Waals surface area contributed by atoms with Gasteiger partial charge < -0.3 is 17.7 Å². The lowest BCUT2D eigenvalue weighted by atomic mass is 9.94. The molecule has 0 amide bonds. The van der Waals surface area contributed by atoms with Crippen LogP contribution in [0.15, 0.2) is 261 Å². The number of rotatable bonds is 8. The Morgan fingerprint density at radius 3 is 1.13 bits per heavy atom. The fourth-order valence-corrected chi connectivity index (χ4v) is 17.6. The van der Waals surface area contributed by atoms with Gasteiger partial charge in [-0.3, -0.25) is 0 Å². The van der Waals surface area contributed by atoms with Gasteiger partial charge in [-0.2, -0.15) is 0 Å². The smallest absolute Gasteiger partial charge is 0.216 e. The number of nitrogens with zero attached hydrogens (tertiary/aromatic N) is 4. The Hall–Kier alpha value is -12.5. The second kappa shape index (κ2) is 30.0. The number of aromatic nitrogens is 4. The Morgan fingerprint density at radius 2 is 0.698 bits per heavy atom. The van der Waals surface area contributed by atoms with Crippen molar-refractivity contribution in [2.75, 3.05) is 0 Å². The van der Waals surface area contributed by atoms with Crippen molar-refractivity contribution in [2.45, 2.75) is 121 Å². The fraction of sp³-hybridized carbons (Fsp3) is 0.222. The summed E-state index contributed by atoms with van der Waals surface area (Å²) < 4.78 is 166. The average Bonchev–Trinajstić information content (AvgIpc) is 1.55. The number of aryl methyl sites for hydroxylation is 14. The van der Waals surface area contributed by atoms with E-state index in [1.165, 1.54) is 10.8 Å². The first kappa shape index (κ1) is 58.3. The van der Waals surface area contributed by atoms with E-state index in [1.54, 1.807) is 49.0 Å². The van der Waals surface area contributed by atoms with Gasteiger partial charge in [0.2, 0.25) is 22.8 Å². The largest absolute Gasteiger partial charge is 0.455 e. The number of fused-ring (bicyclic) bond motifs is 16. The topological polar surface area (TPSA) is 68.1 Å². The van der Waals surface area contributed by atoms with Crippen molar-refractivity contribution in [3.8, 4) is 45.0 Å². The van der Waals surface area contributed by atoms with Crippen LogP contribution < -0.4 is 18.3 Å². The molecule has 8 aromatic heterocycles. The van der Waals surface area contributed by atoms with E-state index in [9.17, 15) is 0 Å². The molecule has 21 rings (SSSR count). The number of pyridine rings is 4. The first-order chi connectivity index (χ1) is 62.4. The van der Waals surface area contributed by atoms with E-state index < -0.39 is 40.2 Å². The second-order valence-corrected chi connectivity index (χ2v) is 32.1. The predicted molar refractivity (Wildman–Crippen MR) is 483 cm³/mol. The fourth-order valence-electron chi connectivity index (χ4n) is 17.6. The van der Waals surface area contributed by atoms with E-state index in [4.69, 9.17) is 39.6 Å². The number of furan rings is 4. The highest BCUT2D eigenvalue weighted by Gasteiger charge is 2.29. The van der Waals surface area contributed by atoms with Gasteiger partial charge in [0.25, 0.3) is 0 Å². The van der Waals surface area contributed by atoms with Crippen LogP contribution in [-0.2, 0) is 40.9 Å². The molecule has 574 valence electrons. The maximum Gasteiger partial charge on any atom is 0.216 e. The van der Waals surface area contributed by atoms with Crippen molar-refractivity contribution in [3.63, 3.8) is 0 Å². The number of hydrogen-bond acceptors (Lipinski definition) is 4. The van der Waals surface area contributed by atoms with Gasteiger partial charge in [-0.1, -0.05) is 167 Å². The average molecular weight is 1540 g/mol. The highest BCUT2D eigenvalue weighted by Crippen LogP contribution is 2.46. The van der Waals surface area contributed by atoms with Crippen molar-refractivity contribution < 1.29 is 57.9 Å². The zero-order chi connectivity index (χ0) is 93.8. The third kappa shape index (κ3) is 13.6. The third-order valence-electron chi connectivity index (χ3n) is 23.4. The first-order valence-electron chi connectivity index (χ1n) is 47.9. The summed E-state index contributed by atoms with van der Waals surface area (Å²) in [5.74, 6) is -0.116. The molecule has 0 bridgehead atoms. The number of hydrogen-bond donors (Lipinski definition) is 0. The Labute approximate surface area is 701 Å². The SMILES string of the molecule is [2H]C([2H])([2H])c1c[n+](C)c(-c2c(C)cc(C([2H])([2H])[2H])c3c2oc2cc4ccccc4cc23)cc1C.[2H]C([2H])([2H])c1cc(C)c(-c2cc(C([2H])([2H])C(C)C)cc[n+]2C)c2oc3cc4ccccc4cc3c12.[2H]C([2H])([2H])c1cc(C)c(-c2cc(C)cc[n+]2C)c2oc3cc4ccccc4cc3c12.[2H]C([2H])(c1cc[n+](C)c(-c2c(C)ccc3c2oc2cc4ccccc4cc23)c1)C1CCCC1.